The van der Waals surface area contributed by atoms with E-state index in [1.165, 1.54) is 24.9 Å². The van der Waals surface area contributed by atoms with Crippen LogP contribution in [0.3, 0.4) is 0 Å². The van der Waals surface area contributed by atoms with Gasteiger partial charge in [-0.25, -0.2) is 0 Å². The molecule has 1 heterocycles. The normalized spacial score (nSPS) is 17.5. The Labute approximate surface area is 164 Å². The molecule has 24 heavy (non-hydrogen) atoms. The molecule has 0 aliphatic carbocycles. The minimum atomic E-state index is 0. The maximum atomic E-state index is 4.88. The van der Waals surface area contributed by atoms with Crippen LogP contribution in [0.15, 0.2) is 35.3 Å². The van der Waals surface area contributed by atoms with E-state index in [1.807, 2.05) is 0 Å². The van der Waals surface area contributed by atoms with Crippen LogP contribution in [-0.2, 0) is 0 Å². The molecule has 2 rings (SSSR count). The van der Waals surface area contributed by atoms with Crippen molar-refractivity contribution in [2.45, 2.75) is 33.1 Å². The quantitative estimate of drug-likeness (QED) is 0.394. The van der Waals surface area contributed by atoms with Crippen molar-refractivity contribution in [3.05, 3.63) is 30.3 Å². The van der Waals surface area contributed by atoms with Gasteiger partial charge in [0, 0.05) is 45.5 Å². The van der Waals surface area contributed by atoms with Gasteiger partial charge >= 0.3 is 0 Å². The molecule has 1 aliphatic rings. The van der Waals surface area contributed by atoms with E-state index in [2.05, 4.69) is 66.3 Å². The number of benzene rings is 1. The number of nitrogens with one attached hydrogen (secondary N) is 1. The Morgan fingerprint density at radius 1 is 1.29 bits per heavy atom. The van der Waals surface area contributed by atoms with Gasteiger partial charge in [0.25, 0.3) is 0 Å². The summed E-state index contributed by atoms with van der Waals surface area (Å²) in [5, 5.41) is 3.42. The number of aliphatic imine (C=N–C) groups is 1. The molecule has 0 aromatic heterocycles. The predicted octanol–water partition coefficient (Wildman–Crippen LogP) is 3.83. The number of rotatable bonds is 7. The second-order valence-electron chi connectivity index (χ2n) is 6.41. The molecule has 1 atom stereocenters. The van der Waals surface area contributed by atoms with Gasteiger partial charge in [0.1, 0.15) is 0 Å². The Bertz CT molecular complexity index is 478. The molecule has 1 aliphatic heterocycles. The fourth-order valence-corrected chi connectivity index (χ4v) is 3.04. The monoisotopic (exact) mass is 444 g/mol. The van der Waals surface area contributed by atoms with Crippen LogP contribution in [0.25, 0.3) is 0 Å². The second kappa shape index (κ2) is 11.6. The predicted molar refractivity (Wildman–Crippen MR) is 116 cm³/mol. The van der Waals surface area contributed by atoms with Crippen LogP contribution in [0, 0.1) is 5.92 Å². The van der Waals surface area contributed by atoms with Gasteiger partial charge in [0.15, 0.2) is 5.96 Å². The Morgan fingerprint density at radius 3 is 2.71 bits per heavy atom. The molecule has 0 saturated carbocycles. The van der Waals surface area contributed by atoms with E-state index < -0.39 is 0 Å². The molecule has 1 N–H and O–H groups in total. The number of hydrogen-bond acceptors (Lipinski definition) is 2. The van der Waals surface area contributed by atoms with Gasteiger partial charge in [-0.2, -0.15) is 0 Å². The number of guanidine groups is 1. The summed E-state index contributed by atoms with van der Waals surface area (Å²) in [6.07, 6.45) is 3.67. The van der Waals surface area contributed by atoms with E-state index in [0.29, 0.717) is 5.92 Å². The first-order chi connectivity index (χ1) is 11.2. The molecule has 1 saturated heterocycles. The van der Waals surface area contributed by atoms with Crippen molar-refractivity contribution >= 4 is 35.6 Å². The largest absolute Gasteiger partial charge is 0.371 e. The van der Waals surface area contributed by atoms with Crippen molar-refractivity contribution in [2.75, 3.05) is 44.7 Å². The third kappa shape index (κ3) is 6.49. The van der Waals surface area contributed by atoms with Crippen LogP contribution in [0.5, 0.6) is 0 Å². The summed E-state index contributed by atoms with van der Waals surface area (Å²) in [4.78, 5) is 9.62. The van der Waals surface area contributed by atoms with E-state index in [4.69, 9.17) is 4.99 Å². The van der Waals surface area contributed by atoms with Crippen molar-refractivity contribution in [2.24, 2.45) is 10.9 Å². The van der Waals surface area contributed by atoms with Gasteiger partial charge in [-0.3, -0.25) is 4.99 Å². The molecule has 0 spiro atoms. The van der Waals surface area contributed by atoms with Crippen molar-refractivity contribution in [1.29, 1.82) is 0 Å². The lowest BCUT2D eigenvalue weighted by Crippen LogP contribution is -2.39. The molecule has 0 amide bonds. The van der Waals surface area contributed by atoms with Gasteiger partial charge in [0.05, 0.1) is 0 Å². The smallest absolute Gasteiger partial charge is 0.193 e. The Morgan fingerprint density at radius 2 is 2.04 bits per heavy atom. The van der Waals surface area contributed by atoms with Crippen LogP contribution < -0.4 is 10.2 Å². The zero-order chi connectivity index (χ0) is 16.5. The summed E-state index contributed by atoms with van der Waals surface area (Å²) in [6.45, 7) is 9.55. The van der Waals surface area contributed by atoms with E-state index in [-0.39, 0.29) is 24.0 Å². The summed E-state index contributed by atoms with van der Waals surface area (Å²) >= 11 is 0. The van der Waals surface area contributed by atoms with Gasteiger partial charge < -0.3 is 15.1 Å². The first kappa shape index (κ1) is 21.1. The highest BCUT2D eigenvalue weighted by Crippen LogP contribution is 2.23. The summed E-state index contributed by atoms with van der Waals surface area (Å²) in [5.41, 5.74) is 1.34. The molecule has 4 nitrogen and oxygen atoms in total. The molecular weight excluding hydrogens is 411 g/mol. The Hall–Kier alpha value is -0.980. The molecule has 0 radical (unpaired) electrons. The minimum Gasteiger partial charge on any atom is -0.371 e. The molecule has 0 bridgehead atoms. The molecular formula is C19H33IN4. The number of nitrogens with zero attached hydrogens (tertiary/aromatic N) is 3. The summed E-state index contributed by atoms with van der Waals surface area (Å²) in [5.74, 6) is 1.71. The standard InChI is InChI=1S/C19H32N4.HI/c1-4-6-13-22(3)19(20-5-2)21-15-17-12-14-23(16-17)18-10-8-7-9-11-18;/h7-11,17H,4-6,12-16H2,1-3H3,(H,20,21);1H. The maximum absolute atomic E-state index is 4.88. The average Bonchev–Trinajstić information content (AvgIpc) is 3.06. The minimum absolute atomic E-state index is 0. The fourth-order valence-electron chi connectivity index (χ4n) is 3.04. The van der Waals surface area contributed by atoms with Gasteiger partial charge in [-0.15, -0.1) is 24.0 Å². The summed E-state index contributed by atoms with van der Waals surface area (Å²) in [6, 6.07) is 10.7. The van der Waals surface area contributed by atoms with Crippen molar-refractivity contribution in [3.63, 3.8) is 0 Å². The van der Waals surface area contributed by atoms with Gasteiger partial charge in [0.2, 0.25) is 0 Å². The lowest BCUT2D eigenvalue weighted by atomic mass is 10.1. The van der Waals surface area contributed by atoms with E-state index in [0.717, 1.165) is 38.7 Å². The number of unbranched alkanes of at least 4 members (excludes halogenated alkanes) is 1. The van der Waals surface area contributed by atoms with Gasteiger partial charge in [-0.05, 0) is 37.8 Å². The first-order valence-electron chi connectivity index (χ1n) is 9.04. The molecule has 1 aromatic rings. The van der Waals surface area contributed by atoms with Crippen LogP contribution in [-0.4, -0.2) is 50.6 Å². The maximum Gasteiger partial charge on any atom is 0.193 e. The van der Waals surface area contributed by atoms with E-state index >= 15 is 0 Å². The van der Waals surface area contributed by atoms with Crippen LogP contribution in [0.1, 0.15) is 33.1 Å². The fraction of sp³-hybridized carbons (Fsp3) is 0.632. The number of anilines is 1. The molecule has 5 heteroatoms. The van der Waals surface area contributed by atoms with Crippen LogP contribution >= 0.6 is 24.0 Å². The van der Waals surface area contributed by atoms with E-state index in [9.17, 15) is 0 Å². The SMILES string of the molecule is CCCCN(C)C(=NCC1CCN(c2ccccc2)C1)NCC.I. The van der Waals surface area contributed by atoms with Crippen molar-refractivity contribution in [1.82, 2.24) is 10.2 Å². The molecule has 1 fully saturated rings. The topological polar surface area (TPSA) is 30.9 Å². The zero-order valence-corrected chi connectivity index (χ0v) is 17.7. The molecule has 1 unspecified atom stereocenters. The highest BCUT2D eigenvalue weighted by Gasteiger charge is 2.22. The highest BCUT2D eigenvalue weighted by molar-refractivity contribution is 14.0. The van der Waals surface area contributed by atoms with Crippen molar-refractivity contribution < 1.29 is 0 Å². The van der Waals surface area contributed by atoms with Gasteiger partial charge in [-0.1, -0.05) is 31.5 Å². The highest BCUT2D eigenvalue weighted by atomic mass is 127. The molecule has 136 valence electrons. The Balaban J connectivity index is 0.00000288. The molecule has 1 aromatic carbocycles. The van der Waals surface area contributed by atoms with Crippen molar-refractivity contribution in [3.8, 4) is 0 Å². The number of para-hydroxylation sites is 1. The second-order valence-corrected chi connectivity index (χ2v) is 6.41. The lowest BCUT2D eigenvalue weighted by Gasteiger charge is -2.22. The van der Waals surface area contributed by atoms with Crippen LogP contribution in [0.2, 0.25) is 0 Å². The Kier molecular flexibility index (Phi) is 10.1. The lowest BCUT2D eigenvalue weighted by molar-refractivity contribution is 0.461. The number of hydrogen-bond donors (Lipinski definition) is 1. The first-order valence-corrected chi connectivity index (χ1v) is 9.04. The van der Waals surface area contributed by atoms with E-state index in [1.54, 1.807) is 0 Å². The average molecular weight is 444 g/mol. The number of halogens is 1. The van der Waals surface area contributed by atoms with Crippen LogP contribution in [0.4, 0.5) is 5.69 Å². The summed E-state index contributed by atoms with van der Waals surface area (Å²) < 4.78 is 0. The summed E-state index contributed by atoms with van der Waals surface area (Å²) in [7, 11) is 2.14. The third-order valence-electron chi connectivity index (χ3n) is 4.45. The third-order valence-corrected chi connectivity index (χ3v) is 4.45. The zero-order valence-electron chi connectivity index (χ0n) is 15.4.